The lowest BCUT2D eigenvalue weighted by molar-refractivity contribution is 0.100. The van der Waals surface area contributed by atoms with Gasteiger partial charge in [-0.05, 0) is 30.3 Å². The summed E-state index contributed by atoms with van der Waals surface area (Å²) < 4.78 is 10.2. The van der Waals surface area contributed by atoms with E-state index in [1.54, 1.807) is 18.2 Å². The summed E-state index contributed by atoms with van der Waals surface area (Å²) in [6.07, 6.45) is -0.101. The summed E-state index contributed by atoms with van der Waals surface area (Å²) in [5, 5.41) is 2.51. The number of nitrogens with one attached hydrogen (secondary N) is 1. The first kappa shape index (κ1) is 17.2. The number of carbonyl (C=O) groups excluding carboxylic acids is 3. The molecular formula is C17H16N2O5. The summed E-state index contributed by atoms with van der Waals surface area (Å²) in [4.78, 5) is 34.3. The van der Waals surface area contributed by atoms with Crippen LogP contribution in [0.1, 0.15) is 20.7 Å². The van der Waals surface area contributed by atoms with Crippen LogP contribution in [0.5, 0.6) is 11.5 Å². The zero-order valence-corrected chi connectivity index (χ0v) is 12.9. The summed E-state index contributed by atoms with van der Waals surface area (Å²) in [6, 6.07) is 10.8. The van der Waals surface area contributed by atoms with Gasteiger partial charge in [-0.25, -0.2) is 4.79 Å². The standard InChI is InChI=1S/C17H16N2O5/c1-23-16-7-11(10-20)5-6-15(16)24-17(22)19-13-4-2-3-12(8-13)14(21)9-18/h2-8,10H,9,18H2,1H3,(H,19,22). The highest BCUT2D eigenvalue weighted by molar-refractivity contribution is 5.99. The summed E-state index contributed by atoms with van der Waals surface area (Å²) in [5.41, 5.74) is 6.49. The Bertz CT molecular complexity index is 773. The predicted octanol–water partition coefficient (Wildman–Crippen LogP) is 2.26. The van der Waals surface area contributed by atoms with Gasteiger partial charge >= 0.3 is 6.09 Å². The molecule has 0 aliphatic heterocycles. The van der Waals surface area contributed by atoms with Crippen molar-refractivity contribution in [1.82, 2.24) is 0 Å². The topological polar surface area (TPSA) is 108 Å². The molecule has 2 aromatic carbocycles. The van der Waals surface area contributed by atoms with Gasteiger partial charge < -0.3 is 15.2 Å². The Morgan fingerprint density at radius 2 is 1.96 bits per heavy atom. The highest BCUT2D eigenvalue weighted by Crippen LogP contribution is 2.28. The van der Waals surface area contributed by atoms with Crippen molar-refractivity contribution in [2.45, 2.75) is 0 Å². The molecule has 2 aromatic rings. The van der Waals surface area contributed by atoms with Crippen LogP contribution < -0.4 is 20.5 Å². The Labute approximate surface area is 138 Å². The molecule has 0 aromatic heterocycles. The van der Waals surface area contributed by atoms with Gasteiger partial charge in [0, 0.05) is 16.8 Å². The van der Waals surface area contributed by atoms with Gasteiger partial charge in [0.15, 0.2) is 17.3 Å². The van der Waals surface area contributed by atoms with Gasteiger partial charge in [0.1, 0.15) is 6.29 Å². The molecule has 3 N–H and O–H groups in total. The molecule has 0 unspecified atom stereocenters. The van der Waals surface area contributed by atoms with E-state index in [2.05, 4.69) is 5.32 Å². The second-order valence-corrected chi connectivity index (χ2v) is 4.75. The molecule has 0 aliphatic rings. The van der Waals surface area contributed by atoms with Crippen LogP contribution in [0, 0.1) is 0 Å². The number of rotatable bonds is 6. The smallest absolute Gasteiger partial charge is 0.417 e. The lowest BCUT2D eigenvalue weighted by Crippen LogP contribution is -2.18. The highest BCUT2D eigenvalue weighted by atomic mass is 16.6. The number of carbonyl (C=O) groups is 3. The third kappa shape index (κ3) is 4.17. The third-order valence-electron chi connectivity index (χ3n) is 3.14. The Kier molecular flexibility index (Phi) is 5.64. The van der Waals surface area contributed by atoms with Crippen LogP contribution in [0.15, 0.2) is 42.5 Å². The molecule has 0 bridgehead atoms. The van der Waals surface area contributed by atoms with Crippen LogP contribution in [-0.4, -0.2) is 31.8 Å². The minimum absolute atomic E-state index is 0.117. The van der Waals surface area contributed by atoms with Crippen LogP contribution >= 0.6 is 0 Å². The Balaban J connectivity index is 2.11. The molecule has 0 atom stereocenters. The average molecular weight is 328 g/mol. The summed E-state index contributed by atoms with van der Waals surface area (Å²) in [6.45, 7) is -0.117. The quantitative estimate of drug-likeness (QED) is 0.622. The highest BCUT2D eigenvalue weighted by Gasteiger charge is 2.12. The molecule has 24 heavy (non-hydrogen) atoms. The van der Waals surface area contributed by atoms with Crippen molar-refractivity contribution in [2.75, 3.05) is 19.0 Å². The zero-order valence-electron chi connectivity index (χ0n) is 12.9. The van der Waals surface area contributed by atoms with Gasteiger partial charge in [-0.3, -0.25) is 14.9 Å². The van der Waals surface area contributed by atoms with E-state index in [9.17, 15) is 14.4 Å². The van der Waals surface area contributed by atoms with E-state index < -0.39 is 6.09 Å². The second-order valence-electron chi connectivity index (χ2n) is 4.75. The first-order valence-corrected chi connectivity index (χ1v) is 7.02. The van der Waals surface area contributed by atoms with Crippen molar-refractivity contribution in [3.8, 4) is 11.5 Å². The molecule has 0 saturated heterocycles. The SMILES string of the molecule is COc1cc(C=O)ccc1OC(=O)Nc1cccc(C(=O)CN)c1. The van der Waals surface area contributed by atoms with Crippen molar-refractivity contribution >= 4 is 23.9 Å². The molecule has 0 aliphatic carbocycles. The molecule has 7 heteroatoms. The van der Waals surface area contributed by atoms with Crippen molar-refractivity contribution in [2.24, 2.45) is 5.73 Å². The Morgan fingerprint density at radius 3 is 2.62 bits per heavy atom. The van der Waals surface area contributed by atoms with Crippen molar-refractivity contribution in [1.29, 1.82) is 0 Å². The molecule has 0 fully saturated rings. The molecule has 0 saturated carbocycles. The summed E-state index contributed by atoms with van der Waals surface area (Å²) in [5.74, 6) is 0.176. The van der Waals surface area contributed by atoms with E-state index >= 15 is 0 Å². The van der Waals surface area contributed by atoms with Crippen LogP contribution in [0.2, 0.25) is 0 Å². The minimum atomic E-state index is -0.760. The fraction of sp³-hybridized carbons (Fsp3) is 0.118. The van der Waals surface area contributed by atoms with Gasteiger partial charge in [-0.1, -0.05) is 12.1 Å². The molecule has 0 spiro atoms. The average Bonchev–Trinajstić information content (AvgIpc) is 2.61. The van der Waals surface area contributed by atoms with E-state index in [1.807, 2.05) is 0 Å². The van der Waals surface area contributed by atoms with Crippen LogP contribution in [-0.2, 0) is 0 Å². The number of methoxy groups -OCH3 is 1. The van der Waals surface area contributed by atoms with Gasteiger partial charge in [0.2, 0.25) is 0 Å². The Hall–Kier alpha value is -3.19. The van der Waals surface area contributed by atoms with Crippen molar-refractivity contribution < 1.29 is 23.9 Å². The second kappa shape index (κ2) is 7.89. The molecule has 7 nitrogen and oxygen atoms in total. The fourth-order valence-electron chi connectivity index (χ4n) is 1.97. The number of ether oxygens (including phenoxy) is 2. The molecule has 0 radical (unpaired) electrons. The fourth-order valence-corrected chi connectivity index (χ4v) is 1.97. The van der Waals surface area contributed by atoms with Gasteiger partial charge in [-0.2, -0.15) is 0 Å². The van der Waals surface area contributed by atoms with Crippen LogP contribution in [0.25, 0.3) is 0 Å². The molecule has 1 amide bonds. The molecule has 124 valence electrons. The Morgan fingerprint density at radius 1 is 1.17 bits per heavy atom. The molecule has 0 heterocycles. The van der Waals surface area contributed by atoms with E-state index in [0.29, 0.717) is 23.1 Å². The number of hydrogen-bond donors (Lipinski definition) is 2. The van der Waals surface area contributed by atoms with E-state index in [-0.39, 0.29) is 23.8 Å². The first-order valence-electron chi connectivity index (χ1n) is 7.02. The maximum Gasteiger partial charge on any atom is 0.417 e. The molecule has 2 rings (SSSR count). The molecular weight excluding hydrogens is 312 g/mol. The number of ketones is 1. The number of hydrogen-bond acceptors (Lipinski definition) is 6. The number of benzene rings is 2. The largest absolute Gasteiger partial charge is 0.493 e. The van der Waals surface area contributed by atoms with E-state index in [1.165, 1.54) is 31.4 Å². The lowest BCUT2D eigenvalue weighted by Gasteiger charge is -2.11. The lowest BCUT2D eigenvalue weighted by atomic mass is 10.1. The third-order valence-corrected chi connectivity index (χ3v) is 3.14. The van der Waals surface area contributed by atoms with E-state index in [0.717, 1.165) is 0 Å². The first-order chi connectivity index (χ1) is 11.6. The number of amides is 1. The van der Waals surface area contributed by atoms with Gasteiger partial charge in [-0.15, -0.1) is 0 Å². The zero-order chi connectivity index (χ0) is 17.5. The minimum Gasteiger partial charge on any atom is -0.493 e. The van der Waals surface area contributed by atoms with Crippen LogP contribution in [0.4, 0.5) is 10.5 Å². The number of aldehydes is 1. The number of nitrogens with two attached hydrogens (primary N) is 1. The normalized spacial score (nSPS) is 9.92. The predicted molar refractivity (Wildman–Crippen MR) is 87.9 cm³/mol. The number of anilines is 1. The summed E-state index contributed by atoms with van der Waals surface area (Å²) in [7, 11) is 1.40. The van der Waals surface area contributed by atoms with Crippen molar-refractivity contribution in [3.05, 3.63) is 53.6 Å². The maximum absolute atomic E-state index is 12.0. The van der Waals surface area contributed by atoms with Crippen molar-refractivity contribution in [3.63, 3.8) is 0 Å². The monoisotopic (exact) mass is 328 g/mol. The van der Waals surface area contributed by atoms with Crippen LogP contribution in [0.3, 0.4) is 0 Å². The maximum atomic E-state index is 12.0. The number of Topliss-reactive ketones (excluding diaryl/α,β-unsaturated/α-hetero) is 1. The van der Waals surface area contributed by atoms with E-state index in [4.69, 9.17) is 15.2 Å². The summed E-state index contributed by atoms with van der Waals surface area (Å²) >= 11 is 0. The van der Waals surface area contributed by atoms with Gasteiger partial charge in [0.25, 0.3) is 0 Å². The van der Waals surface area contributed by atoms with Gasteiger partial charge in [0.05, 0.1) is 13.7 Å².